The number of benzene rings is 2. The summed E-state index contributed by atoms with van der Waals surface area (Å²) in [5, 5.41) is 11.2. The summed E-state index contributed by atoms with van der Waals surface area (Å²) in [6, 6.07) is 14.1. The SMILES string of the molecule is OC1(CN2CCC[C@@H](Oc3ccc(F)cc3)C2)COCc2ccccc21. The third kappa shape index (κ3) is 3.75. The van der Waals surface area contributed by atoms with Crippen LogP contribution in [0.1, 0.15) is 24.0 Å². The molecule has 1 fully saturated rings. The highest BCUT2D eigenvalue weighted by Crippen LogP contribution is 2.32. The van der Waals surface area contributed by atoms with Gasteiger partial charge in [0.2, 0.25) is 0 Å². The van der Waals surface area contributed by atoms with Crippen molar-refractivity contribution >= 4 is 0 Å². The molecular formula is C21H24FNO3. The summed E-state index contributed by atoms with van der Waals surface area (Å²) in [6.07, 6.45) is 2.00. The summed E-state index contributed by atoms with van der Waals surface area (Å²) < 4.78 is 24.7. The van der Waals surface area contributed by atoms with E-state index in [1.54, 1.807) is 12.1 Å². The highest BCUT2D eigenvalue weighted by Gasteiger charge is 2.38. The van der Waals surface area contributed by atoms with Crippen molar-refractivity contribution in [3.63, 3.8) is 0 Å². The van der Waals surface area contributed by atoms with Crippen LogP contribution in [-0.4, -0.2) is 42.4 Å². The number of hydrogen-bond acceptors (Lipinski definition) is 4. The first kappa shape index (κ1) is 17.5. The quantitative estimate of drug-likeness (QED) is 0.913. The number of likely N-dealkylation sites (tertiary alicyclic amines) is 1. The van der Waals surface area contributed by atoms with Crippen LogP contribution in [0.15, 0.2) is 48.5 Å². The van der Waals surface area contributed by atoms with Crippen molar-refractivity contribution in [2.45, 2.75) is 31.2 Å². The van der Waals surface area contributed by atoms with Crippen LogP contribution >= 0.6 is 0 Å². The second-order valence-corrected chi connectivity index (χ2v) is 7.25. The molecule has 2 aliphatic rings. The first-order valence-corrected chi connectivity index (χ1v) is 9.15. The molecule has 0 aliphatic carbocycles. The average molecular weight is 357 g/mol. The Balaban J connectivity index is 1.43. The normalized spacial score (nSPS) is 26.3. The van der Waals surface area contributed by atoms with Crippen molar-refractivity contribution in [3.05, 3.63) is 65.5 Å². The number of halogens is 1. The highest BCUT2D eigenvalue weighted by atomic mass is 19.1. The second kappa shape index (κ2) is 7.35. The lowest BCUT2D eigenvalue weighted by molar-refractivity contribution is -0.0957. The minimum absolute atomic E-state index is 0.0394. The van der Waals surface area contributed by atoms with Crippen molar-refractivity contribution in [2.75, 3.05) is 26.2 Å². The van der Waals surface area contributed by atoms with Crippen LogP contribution in [0, 0.1) is 5.82 Å². The summed E-state index contributed by atoms with van der Waals surface area (Å²) in [7, 11) is 0. The zero-order valence-electron chi connectivity index (χ0n) is 14.7. The molecule has 2 atom stereocenters. The Morgan fingerprint density at radius 3 is 2.85 bits per heavy atom. The van der Waals surface area contributed by atoms with E-state index < -0.39 is 5.60 Å². The number of aliphatic hydroxyl groups is 1. The molecule has 0 aromatic heterocycles. The molecule has 0 amide bonds. The summed E-state index contributed by atoms with van der Waals surface area (Å²) in [4.78, 5) is 2.24. The van der Waals surface area contributed by atoms with Gasteiger partial charge in [0, 0.05) is 13.1 Å². The molecule has 4 rings (SSSR count). The van der Waals surface area contributed by atoms with E-state index in [0.29, 0.717) is 25.5 Å². The fourth-order valence-electron chi connectivity index (χ4n) is 3.97. The van der Waals surface area contributed by atoms with Crippen molar-refractivity contribution in [3.8, 4) is 5.75 Å². The maximum Gasteiger partial charge on any atom is 0.126 e. The van der Waals surface area contributed by atoms with Crippen LogP contribution in [0.25, 0.3) is 0 Å². The van der Waals surface area contributed by atoms with Crippen LogP contribution in [0.2, 0.25) is 0 Å². The summed E-state index contributed by atoms with van der Waals surface area (Å²) in [6.45, 7) is 3.04. The number of fused-ring (bicyclic) bond motifs is 1. The fourth-order valence-corrected chi connectivity index (χ4v) is 3.97. The number of hydrogen-bond donors (Lipinski definition) is 1. The number of β-amino-alcohol motifs (C(OH)–C–C–N with tert-alkyl or cyclic N) is 1. The van der Waals surface area contributed by atoms with E-state index in [-0.39, 0.29) is 11.9 Å². The van der Waals surface area contributed by atoms with Crippen LogP contribution in [0.5, 0.6) is 5.75 Å². The summed E-state index contributed by atoms with van der Waals surface area (Å²) >= 11 is 0. The van der Waals surface area contributed by atoms with Gasteiger partial charge in [-0.25, -0.2) is 4.39 Å². The highest BCUT2D eigenvalue weighted by molar-refractivity contribution is 5.34. The van der Waals surface area contributed by atoms with Gasteiger partial charge in [-0.15, -0.1) is 0 Å². The molecule has 5 heteroatoms. The molecule has 4 nitrogen and oxygen atoms in total. The van der Waals surface area contributed by atoms with Gasteiger partial charge in [0.25, 0.3) is 0 Å². The van der Waals surface area contributed by atoms with Crippen molar-refractivity contribution in [2.24, 2.45) is 0 Å². The first-order valence-electron chi connectivity index (χ1n) is 9.15. The van der Waals surface area contributed by atoms with Gasteiger partial charge in [-0.3, -0.25) is 4.90 Å². The van der Waals surface area contributed by atoms with Crippen molar-refractivity contribution in [1.29, 1.82) is 0 Å². The lowest BCUT2D eigenvalue weighted by Crippen LogP contribution is -2.51. The average Bonchev–Trinajstić information content (AvgIpc) is 2.64. The van der Waals surface area contributed by atoms with E-state index in [4.69, 9.17) is 9.47 Å². The van der Waals surface area contributed by atoms with E-state index in [0.717, 1.165) is 37.1 Å². The van der Waals surface area contributed by atoms with Crippen LogP contribution in [-0.2, 0) is 16.9 Å². The molecule has 26 heavy (non-hydrogen) atoms. The minimum Gasteiger partial charge on any atom is -0.489 e. The smallest absolute Gasteiger partial charge is 0.126 e. The lowest BCUT2D eigenvalue weighted by atomic mass is 9.87. The van der Waals surface area contributed by atoms with Gasteiger partial charge >= 0.3 is 0 Å². The Kier molecular flexibility index (Phi) is 4.94. The third-order valence-corrected chi connectivity index (χ3v) is 5.18. The summed E-state index contributed by atoms with van der Waals surface area (Å²) in [5.74, 6) is 0.420. The Hall–Kier alpha value is -1.95. The van der Waals surface area contributed by atoms with Crippen molar-refractivity contribution < 1.29 is 19.0 Å². The maximum absolute atomic E-state index is 13.0. The van der Waals surface area contributed by atoms with Gasteiger partial charge in [0.1, 0.15) is 23.3 Å². The second-order valence-electron chi connectivity index (χ2n) is 7.25. The van der Waals surface area contributed by atoms with Gasteiger partial charge in [-0.1, -0.05) is 24.3 Å². The molecule has 2 heterocycles. The third-order valence-electron chi connectivity index (χ3n) is 5.18. The van der Waals surface area contributed by atoms with Gasteiger partial charge in [-0.05, 0) is 54.8 Å². The molecular weight excluding hydrogens is 333 g/mol. The van der Waals surface area contributed by atoms with Crippen LogP contribution < -0.4 is 4.74 Å². The molecule has 138 valence electrons. The lowest BCUT2D eigenvalue weighted by Gasteiger charge is -2.41. The molecule has 1 N–H and O–H groups in total. The van der Waals surface area contributed by atoms with Gasteiger partial charge in [-0.2, -0.15) is 0 Å². The molecule has 0 spiro atoms. The van der Waals surface area contributed by atoms with Crippen LogP contribution in [0.4, 0.5) is 4.39 Å². The Labute approximate surface area is 153 Å². The Bertz CT molecular complexity index is 751. The van der Waals surface area contributed by atoms with Gasteiger partial charge in [0.15, 0.2) is 0 Å². The minimum atomic E-state index is -0.993. The largest absolute Gasteiger partial charge is 0.489 e. The molecule has 2 aromatic rings. The molecule has 1 unspecified atom stereocenters. The molecule has 0 saturated carbocycles. The number of ether oxygens (including phenoxy) is 2. The number of piperidine rings is 1. The predicted molar refractivity (Wildman–Crippen MR) is 96.5 cm³/mol. The fraction of sp³-hybridized carbons (Fsp3) is 0.429. The maximum atomic E-state index is 13.0. The van der Waals surface area contributed by atoms with E-state index >= 15 is 0 Å². The Morgan fingerprint density at radius 1 is 1.19 bits per heavy atom. The zero-order chi connectivity index (χ0) is 18.0. The van der Waals surface area contributed by atoms with Crippen LogP contribution in [0.3, 0.4) is 0 Å². The van der Waals surface area contributed by atoms with Gasteiger partial charge in [0.05, 0.1) is 13.2 Å². The standard InChI is InChI=1S/C21H24FNO3/c22-17-7-9-18(10-8-17)26-19-5-3-11-23(12-19)14-21(24)15-25-13-16-4-1-2-6-20(16)21/h1-2,4,6-10,19,24H,3,5,11-15H2/t19-,21?/m1/s1. The topological polar surface area (TPSA) is 41.9 Å². The number of nitrogens with zero attached hydrogens (tertiary/aromatic N) is 1. The predicted octanol–water partition coefficient (Wildman–Crippen LogP) is 3.09. The van der Waals surface area contributed by atoms with E-state index in [2.05, 4.69) is 4.90 Å². The van der Waals surface area contributed by atoms with E-state index in [1.165, 1.54) is 12.1 Å². The zero-order valence-corrected chi connectivity index (χ0v) is 14.7. The van der Waals surface area contributed by atoms with E-state index in [9.17, 15) is 9.50 Å². The van der Waals surface area contributed by atoms with E-state index in [1.807, 2.05) is 24.3 Å². The van der Waals surface area contributed by atoms with Gasteiger partial charge < -0.3 is 14.6 Å². The number of rotatable bonds is 4. The molecule has 2 aromatic carbocycles. The Morgan fingerprint density at radius 2 is 2.00 bits per heavy atom. The molecule has 0 radical (unpaired) electrons. The first-order chi connectivity index (χ1) is 12.6. The van der Waals surface area contributed by atoms with Crippen molar-refractivity contribution in [1.82, 2.24) is 4.90 Å². The monoisotopic (exact) mass is 357 g/mol. The summed E-state index contributed by atoms with van der Waals surface area (Å²) in [5.41, 5.74) is 1.03. The molecule has 0 bridgehead atoms. The molecule has 2 aliphatic heterocycles. The molecule has 1 saturated heterocycles.